The van der Waals surface area contributed by atoms with Crippen molar-refractivity contribution in [1.29, 1.82) is 0 Å². The summed E-state index contributed by atoms with van der Waals surface area (Å²) >= 11 is 0. The minimum Gasteiger partial charge on any atom is -0.387 e. The Morgan fingerprint density at radius 3 is 1.62 bits per heavy atom. The van der Waals surface area contributed by atoms with E-state index in [0.717, 1.165) is 0 Å². The molecule has 0 heterocycles. The lowest BCUT2D eigenvalue weighted by Crippen LogP contribution is -2.05. The van der Waals surface area contributed by atoms with Crippen LogP contribution in [-0.2, 0) is 0 Å². The highest BCUT2D eigenvalue weighted by molar-refractivity contribution is 5.32. The lowest BCUT2D eigenvalue weighted by atomic mass is 9.95. The van der Waals surface area contributed by atoms with E-state index in [1.807, 2.05) is 0 Å². The molecule has 0 aliphatic carbocycles. The number of aliphatic hydroxyl groups is 2. The summed E-state index contributed by atoms with van der Waals surface area (Å²) < 4.78 is 0. The number of aliphatic hydroxyl groups excluding tert-OH is 2. The van der Waals surface area contributed by atoms with E-state index < -0.39 is 12.2 Å². The molecule has 0 fully saturated rings. The average molecular weight is 214 g/mol. The number of benzene rings is 1. The van der Waals surface area contributed by atoms with Crippen LogP contribution in [0.2, 0.25) is 0 Å². The summed E-state index contributed by atoms with van der Waals surface area (Å²) in [6, 6.07) is 7.08. The van der Waals surface area contributed by atoms with Gasteiger partial charge in [-0.15, -0.1) is 24.7 Å². The maximum Gasteiger partial charge on any atom is 0.0902 e. The minimum absolute atomic E-state index is 0.222. The third kappa shape index (κ3) is 2.87. The molecule has 1 rings (SSSR count). The standard InChI is InChI=1S/C14H14O2/c1-3-7-13(15)11-9-5-6-10-12(11)14(16)8-4-2/h1-2,5-6,9-10,13-16H,7-8H2. The van der Waals surface area contributed by atoms with E-state index >= 15 is 0 Å². The molecule has 0 spiro atoms. The molecule has 0 amide bonds. The predicted molar refractivity (Wildman–Crippen MR) is 63.3 cm³/mol. The fraction of sp³-hybridized carbons (Fsp3) is 0.286. The van der Waals surface area contributed by atoms with Crippen LogP contribution in [-0.4, -0.2) is 10.2 Å². The van der Waals surface area contributed by atoms with E-state index in [9.17, 15) is 10.2 Å². The van der Waals surface area contributed by atoms with Gasteiger partial charge < -0.3 is 10.2 Å². The van der Waals surface area contributed by atoms with Gasteiger partial charge in [-0.05, 0) is 11.1 Å². The average Bonchev–Trinajstić information content (AvgIpc) is 2.30. The summed E-state index contributed by atoms with van der Waals surface area (Å²) in [7, 11) is 0. The zero-order valence-electron chi connectivity index (χ0n) is 8.93. The highest BCUT2D eigenvalue weighted by atomic mass is 16.3. The van der Waals surface area contributed by atoms with Crippen LogP contribution in [0.15, 0.2) is 24.3 Å². The Balaban J connectivity index is 3.01. The summed E-state index contributed by atoms with van der Waals surface area (Å²) in [6.45, 7) is 0. The molecule has 82 valence electrons. The molecular weight excluding hydrogens is 200 g/mol. The normalized spacial score (nSPS) is 13.5. The number of terminal acetylenes is 2. The Labute approximate surface area is 95.9 Å². The van der Waals surface area contributed by atoms with Gasteiger partial charge >= 0.3 is 0 Å². The van der Waals surface area contributed by atoms with Gasteiger partial charge in [0.15, 0.2) is 0 Å². The Morgan fingerprint density at radius 2 is 1.31 bits per heavy atom. The maximum atomic E-state index is 9.81. The fourth-order valence-corrected chi connectivity index (χ4v) is 1.56. The van der Waals surface area contributed by atoms with Crippen molar-refractivity contribution < 1.29 is 10.2 Å². The molecular formula is C14H14O2. The molecule has 2 heteroatoms. The molecule has 0 radical (unpaired) electrons. The third-order valence-electron chi connectivity index (χ3n) is 2.34. The first-order valence-electron chi connectivity index (χ1n) is 5.02. The van der Waals surface area contributed by atoms with E-state index in [0.29, 0.717) is 11.1 Å². The number of hydrogen-bond acceptors (Lipinski definition) is 2. The van der Waals surface area contributed by atoms with Crippen molar-refractivity contribution in [2.75, 3.05) is 0 Å². The molecule has 1 aromatic carbocycles. The van der Waals surface area contributed by atoms with E-state index in [2.05, 4.69) is 11.8 Å². The lowest BCUT2D eigenvalue weighted by molar-refractivity contribution is 0.160. The van der Waals surface area contributed by atoms with Crippen molar-refractivity contribution in [2.24, 2.45) is 0 Å². The van der Waals surface area contributed by atoms with E-state index in [4.69, 9.17) is 12.8 Å². The molecule has 0 aliphatic heterocycles. The molecule has 2 atom stereocenters. The van der Waals surface area contributed by atoms with E-state index in [-0.39, 0.29) is 12.8 Å². The molecule has 16 heavy (non-hydrogen) atoms. The Kier molecular flexibility index (Phi) is 4.61. The monoisotopic (exact) mass is 214 g/mol. The summed E-state index contributed by atoms with van der Waals surface area (Å²) in [4.78, 5) is 0. The largest absolute Gasteiger partial charge is 0.387 e. The van der Waals surface area contributed by atoms with Crippen LogP contribution in [0.5, 0.6) is 0 Å². The smallest absolute Gasteiger partial charge is 0.0902 e. The van der Waals surface area contributed by atoms with Crippen LogP contribution in [0.3, 0.4) is 0 Å². The second-order valence-electron chi connectivity index (χ2n) is 3.48. The molecule has 2 unspecified atom stereocenters. The van der Waals surface area contributed by atoms with E-state index in [1.165, 1.54) is 0 Å². The minimum atomic E-state index is -0.756. The number of hydrogen-bond donors (Lipinski definition) is 2. The Morgan fingerprint density at radius 1 is 0.938 bits per heavy atom. The zero-order valence-corrected chi connectivity index (χ0v) is 8.93. The molecule has 0 saturated carbocycles. The molecule has 1 aromatic rings. The van der Waals surface area contributed by atoms with Gasteiger partial charge in [0.2, 0.25) is 0 Å². The van der Waals surface area contributed by atoms with Gasteiger partial charge in [0, 0.05) is 12.8 Å². The third-order valence-corrected chi connectivity index (χ3v) is 2.34. The Hall–Kier alpha value is -1.74. The van der Waals surface area contributed by atoms with Gasteiger partial charge in [-0.1, -0.05) is 24.3 Å². The van der Waals surface area contributed by atoms with Gasteiger partial charge in [0.05, 0.1) is 12.2 Å². The summed E-state index contributed by atoms with van der Waals surface area (Å²) in [5, 5.41) is 19.6. The van der Waals surface area contributed by atoms with Crippen molar-refractivity contribution in [2.45, 2.75) is 25.0 Å². The van der Waals surface area contributed by atoms with Gasteiger partial charge in [-0.2, -0.15) is 0 Å². The van der Waals surface area contributed by atoms with Crippen molar-refractivity contribution in [1.82, 2.24) is 0 Å². The molecule has 0 bridgehead atoms. The van der Waals surface area contributed by atoms with Crippen molar-refractivity contribution in [3.63, 3.8) is 0 Å². The lowest BCUT2D eigenvalue weighted by Gasteiger charge is -2.16. The van der Waals surface area contributed by atoms with Gasteiger partial charge in [0.1, 0.15) is 0 Å². The van der Waals surface area contributed by atoms with Crippen molar-refractivity contribution in [3.05, 3.63) is 35.4 Å². The quantitative estimate of drug-likeness (QED) is 0.750. The molecule has 2 nitrogen and oxygen atoms in total. The molecule has 0 aromatic heterocycles. The van der Waals surface area contributed by atoms with Gasteiger partial charge in [-0.25, -0.2) is 0 Å². The van der Waals surface area contributed by atoms with Crippen molar-refractivity contribution >= 4 is 0 Å². The molecule has 2 N–H and O–H groups in total. The topological polar surface area (TPSA) is 40.5 Å². The van der Waals surface area contributed by atoms with Crippen LogP contribution < -0.4 is 0 Å². The second-order valence-corrected chi connectivity index (χ2v) is 3.48. The SMILES string of the molecule is C#CCC(O)c1ccccc1C(O)CC#C. The van der Waals surface area contributed by atoms with E-state index in [1.54, 1.807) is 24.3 Å². The van der Waals surface area contributed by atoms with Crippen LogP contribution in [0, 0.1) is 24.7 Å². The Bertz CT molecular complexity index is 382. The van der Waals surface area contributed by atoms with Crippen LogP contribution in [0.4, 0.5) is 0 Å². The predicted octanol–water partition coefficient (Wildman–Crippen LogP) is 1.80. The second kappa shape index (κ2) is 5.98. The molecule has 0 saturated heterocycles. The summed E-state index contributed by atoms with van der Waals surface area (Å²) in [5.41, 5.74) is 1.28. The first-order chi connectivity index (χ1) is 7.70. The molecule has 0 aliphatic rings. The van der Waals surface area contributed by atoms with Gasteiger partial charge in [0.25, 0.3) is 0 Å². The zero-order chi connectivity index (χ0) is 12.0. The maximum absolute atomic E-state index is 9.81. The highest BCUT2D eigenvalue weighted by Gasteiger charge is 2.15. The fourth-order valence-electron chi connectivity index (χ4n) is 1.56. The first kappa shape index (κ1) is 12.3. The summed E-state index contributed by atoms with van der Waals surface area (Å²) in [5.74, 6) is 4.78. The number of rotatable bonds is 4. The van der Waals surface area contributed by atoms with Crippen LogP contribution in [0.25, 0.3) is 0 Å². The van der Waals surface area contributed by atoms with Gasteiger partial charge in [-0.3, -0.25) is 0 Å². The summed E-state index contributed by atoms with van der Waals surface area (Å²) in [6.07, 6.45) is 9.23. The highest BCUT2D eigenvalue weighted by Crippen LogP contribution is 2.27. The van der Waals surface area contributed by atoms with Crippen molar-refractivity contribution in [3.8, 4) is 24.7 Å². The first-order valence-corrected chi connectivity index (χ1v) is 5.02. The van der Waals surface area contributed by atoms with Crippen LogP contribution in [0.1, 0.15) is 36.2 Å². The van der Waals surface area contributed by atoms with Crippen LogP contribution >= 0.6 is 0 Å².